The van der Waals surface area contributed by atoms with Gasteiger partial charge in [0, 0.05) is 10.0 Å². The van der Waals surface area contributed by atoms with Gasteiger partial charge in [-0.1, -0.05) is 28.1 Å². The zero-order valence-corrected chi connectivity index (χ0v) is 12.6. The Balaban J connectivity index is 2.34. The lowest BCUT2D eigenvalue weighted by Gasteiger charge is -2.10. The van der Waals surface area contributed by atoms with E-state index in [2.05, 4.69) is 21.2 Å². The number of carboxylic acids is 1. The van der Waals surface area contributed by atoms with Gasteiger partial charge >= 0.3 is 5.97 Å². The van der Waals surface area contributed by atoms with Crippen molar-refractivity contribution >= 4 is 33.5 Å². The van der Waals surface area contributed by atoms with Crippen LogP contribution in [0, 0.1) is 12.7 Å². The molecular weight excluding hydrogens is 341 g/mol. The number of carbonyl (C=O) groups excluding carboxylic acids is 1. The van der Waals surface area contributed by atoms with Crippen LogP contribution in [0.2, 0.25) is 0 Å². The molecule has 0 aliphatic heterocycles. The maximum Gasteiger partial charge on any atom is 0.340 e. The first-order chi connectivity index (χ1) is 9.90. The molecule has 21 heavy (non-hydrogen) atoms. The van der Waals surface area contributed by atoms with Gasteiger partial charge in [-0.3, -0.25) is 4.79 Å². The molecule has 0 aliphatic rings. The van der Waals surface area contributed by atoms with Crippen LogP contribution in [0.5, 0.6) is 0 Å². The Bertz CT molecular complexity index is 731. The fourth-order valence-electron chi connectivity index (χ4n) is 1.77. The molecule has 2 N–H and O–H groups in total. The van der Waals surface area contributed by atoms with E-state index in [0.717, 1.165) is 16.1 Å². The molecule has 108 valence electrons. The Hall–Kier alpha value is -2.21. The van der Waals surface area contributed by atoms with E-state index < -0.39 is 23.3 Å². The van der Waals surface area contributed by atoms with Crippen molar-refractivity contribution in [1.82, 2.24) is 0 Å². The lowest BCUT2D eigenvalue weighted by Crippen LogP contribution is -2.15. The molecule has 4 nitrogen and oxygen atoms in total. The zero-order valence-electron chi connectivity index (χ0n) is 11.0. The number of aromatic carboxylic acids is 1. The Labute approximate surface area is 128 Å². The van der Waals surface area contributed by atoms with Crippen LogP contribution in [0.4, 0.5) is 10.1 Å². The summed E-state index contributed by atoms with van der Waals surface area (Å²) < 4.78 is 14.3. The summed E-state index contributed by atoms with van der Waals surface area (Å²) in [7, 11) is 0. The highest BCUT2D eigenvalue weighted by atomic mass is 79.9. The van der Waals surface area contributed by atoms with Crippen molar-refractivity contribution in [1.29, 1.82) is 0 Å². The minimum Gasteiger partial charge on any atom is -0.478 e. The van der Waals surface area contributed by atoms with Crippen LogP contribution in [0.3, 0.4) is 0 Å². The van der Waals surface area contributed by atoms with Gasteiger partial charge in [-0.05, 0) is 36.8 Å². The van der Waals surface area contributed by atoms with Crippen molar-refractivity contribution in [3.8, 4) is 0 Å². The highest BCUT2D eigenvalue weighted by Crippen LogP contribution is 2.22. The normalized spacial score (nSPS) is 10.2. The molecule has 0 atom stereocenters. The SMILES string of the molecule is Cc1ccc(C(=O)Nc2cccc(F)c2C(=O)O)cc1Br. The average Bonchev–Trinajstić information content (AvgIpc) is 2.41. The largest absolute Gasteiger partial charge is 0.478 e. The number of hydrogen-bond acceptors (Lipinski definition) is 2. The number of rotatable bonds is 3. The number of hydrogen-bond donors (Lipinski definition) is 2. The molecule has 0 spiro atoms. The second-order valence-corrected chi connectivity index (χ2v) is 5.24. The number of carbonyl (C=O) groups is 2. The fraction of sp³-hybridized carbons (Fsp3) is 0.0667. The Morgan fingerprint density at radius 2 is 1.95 bits per heavy atom. The third-order valence-corrected chi connectivity index (χ3v) is 3.76. The predicted octanol–water partition coefficient (Wildman–Crippen LogP) is 3.85. The Kier molecular flexibility index (Phi) is 4.37. The van der Waals surface area contributed by atoms with Crippen LogP contribution in [-0.2, 0) is 0 Å². The van der Waals surface area contributed by atoms with Crippen LogP contribution >= 0.6 is 15.9 Å². The summed E-state index contributed by atoms with van der Waals surface area (Å²) in [6.45, 7) is 1.88. The van der Waals surface area contributed by atoms with Crippen LogP contribution in [0.1, 0.15) is 26.3 Å². The quantitative estimate of drug-likeness (QED) is 0.882. The summed E-state index contributed by atoms with van der Waals surface area (Å²) in [6, 6.07) is 8.68. The van der Waals surface area contributed by atoms with Crippen LogP contribution in [-0.4, -0.2) is 17.0 Å². The first kappa shape index (κ1) is 15.2. The molecule has 0 heterocycles. The summed E-state index contributed by atoms with van der Waals surface area (Å²) >= 11 is 3.31. The van der Waals surface area contributed by atoms with E-state index >= 15 is 0 Å². The Morgan fingerprint density at radius 1 is 1.24 bits per heavy atom. The first-order valence-corrected chi connectivity index (χ1v) is 6.78. The van der Waals surface area contributed by atoms with Crippen molar-refractivity contribution in [2.24, 2.45) is 0 Å². The molecule has 2 aromatic carbocycles. The minimum atomic E-state index is -1.44. The number of anilines is 1. The fourth-order valence-corrected chi connectivity index (χ4v) is 2.15. The third-order valence-electron chi connectivity index (χ3n) is 2.91. The van der Waals surface area contributed by atoms with Crippen LogP contribution < -0.4 is 5.32 Å². The molecule has 2 aromatic rings. The van der Waals surface area contributed by atoms with Crippen molar-refractivity contribution in [2.75, 3.05) is 5.32 Å². The van der Waals surface area contributed by atoms with Gasteiger partial charge in [0.25, 0.3) is 5.91 Å². The monoisotopic (exact) mass is 351 g/mol. The molecule has 0 saturated carbocycles. The maximum absolute atomic E-state index is 13.5. The van der Waals surface area contributed by atoms with Crippen LogP contribution in [0.15, 0.2) is 40.9 Å². The van der Waals surface area contributed by atoms with E-state index in [4.69, 9.17) is 5.11 Å². The molecule has 0 aliphatic carbocycles. The summed E-state index contributed by atoms with van der Waals surface area (Å²) in [5.74, 6) is -2.84. The van der Waals surface area contributed by atoms with Crippen molar-refractivity contribution in [3.63, 3.8) is 0 Å². The second kappa shape index (κ2) is 6.05. The lowest BCUT2D eigenvalue weighted by atomic mass is 10.1. The first-order valence-electron chi connectivity index (χ1n) is 5.99. The highest BCUT2D eigenvalue weighted by Gasteiger charge is 2.18. The van der Waals surface area contributed by atoms with Crippen molar-refractivity contribution in [2.45, 2.75) is 6.92 Å². The molecule has 2 rings (SSSR count). The predicted molar refractivity (Wildman–Crippen MR) is 80.2 cm³/mol. The van der Waals surface area contributed by atoms with E-state index in [1.807, 2.05) is 6.92 Å². The topological polar surface area (TPSA) is 66.4 Å². The molecule has 0 aromatic heterocycles. The number of amides is 1. The van der Waals surface area contributed by atoms with E-state index in [1.54, 1.807) is 18.2 Å². The van der Waals surface area contributed by atoms with E-state index in [9.17, 15) is 14.0 Å². The molecule has 0 saturated heterocycles. The summed E-state index contributed by atoms with van der Waals surface area (Å²) in [4.78, 5) is 23.2. The van der Waals surface area contributed by atoms with Gasteiger partial charge in [0.05, 0.1) is 5.69 Å². The second-order valence-electron chi connectivity index (χ2n) is 4.39. The average molecular weight is 352 g/mol. The van der Waals surface area contributed by atoms with Gasteiger partial charge in [0.15, 0.2) is 0 Å². The number of halogens is 2. The molecule has 0 fully saturated rings. The molecule has 1 amide bonds. The molecular formula is C15H11BrFNO3. The van der Waals surface area contributed by atoms with Gasteiger partial charge in [-0.15, -0.1) is 0 Å². The molecule has 0 unspecified atom stereocenters. The van der Waals surface area contributed by atoms with E-state index in [1.165, 1.54) is 12.1 Å². The van der Waals surface area contributed by atoms with Gasteiger partial charge in [-0.2, -0.15) is 0 Å². The smallest absolute Gasteiger partial charge is 0.340 e. The van der Waals surface area contributed by atoms with Gasteiger partial charge in [0.2, 0.25) is 0 Å². The highest BCUT2D eigenvalue weighted by molar-refractivity contribution is 9.10. The maximum atomic E-state index is 13.5. The molecule has 0 bridgehead atoms. The summed E-state index contributed by atoms with van der Waals surface area (Å²) in [5.41, 5.74) is 0.665. The van der Waals surface area contributed by atoms with Gasteiger partial charge in [0.1, 0.15) is 11.4 Å². The Morgan fingerprint density at radius 3 is 2.57 bits per heavy atom. The van der Waals surface area contributed by atoms with E-state index in [0.29, 0.717) is 5.56 Å². The number of carboxylic acid groups (broad SMARTS) is 1. The molecule has 6 heteroatoms. The van der Waals surface area contributed by atoms with Crippen molar-refractivity contribution < 1.29 is 19.1 Å². The lowest BCUT2D eigenvalue weighted by molar-refractivity contribution is 0.0693. The third kappa shape index (κ3) is 3.28. The summed E-state index contributed by atoms with van der Waals surface area (Å²) in [5, 5.41) is 11.4. The number of nitrogens with one attached hydrogen (secondary N) is 1. The van der Waals surface area contributed by atoms with Gasteiger partial charge in [-0.25, -0.2) is 9.18 Å². The van der Waals surface area contributed by atoms with E-state index in [-0.39, 0.29) is 5.69 Å². The van der Waals surface area contributed by atoms with Crippen LogP contribution in [0.25, 0.3) is 0 Å². The van der Waals surface area contributed by atoms with Gasteiger partial charge < -0.3 is 10.4 Å². The minimum absolute atomic E-state index is 0.0794. The summed E-state index contributed by atoms with van der Waals surface area (Å²) in [6.07, 6.45) is 0. The number of benzene rings is 2. The zero-order chi connectivity index (χ0) is 15.6. The standard InChI is InChI=1S/C15H11BrFNO3/c1-8-5-6-9(7-10(8)16)14(19)18-12-4-2-3-11(17)13(12)15(20)21/h2-7H,1H3,(H,18,19)(H,20,21). The number of aryl methyl sites for hydroxylation is 1. The van der Waals surface area contributed by atoms with Crippen molar-refractivity contribution in [3.05, 3.63) is 63.4 Å². The molecule has 0 radical (unpaired) electrons.